The lowest BCUT2D eigenvalue weighted by Gasteiger charge is -2.00. The maximum atomic E-state index is 11.6. The number of nitrogens with zero attached hydrogens (tertiary/aromatic N) is 2. The van der Waals surface area contributed by atoms with Crippen molar-refractivity contribution >= 4 is 28.5 Å². The van der Waals surface area contributed by atoms with Crippen LogP contribution in [0, 0.1) is 0 Å². The SMILES string of the molecule is COC(=O)CCC(=O)Nc1nc(-c2ccccc2)ns1. The number of aromatic nitrogens is 2. The number of esters is 1. The molecule has 0 spiro atoms. The minimum atomic E-state index is -0.414. The maximum absolute atomic E-state index is 11.6. The Bertz CT molecular complexity index is 598. The summed E-state index contributed by atoms with van der Waals surface area (Å²) >= 11 is 1.10. The molecular formula is C13H13N3O3S. The van der Waals surface area contributed by atoms with Crippen molar-refractivity contribution in [2.75, 3.05) is 12.4 Å². The molecule has 1 aromatic heterocycles. The summed E-state index contributed by atoms with van der Waals surface area (Å²) in [5.41, 5.74) is 0.888. The van der Waals surface area contributed by atoms with Crippen LogP contribution in [0.25, 0.3) is 11.4 Å². The average Bonchev–Trinajstić information content (AvgIpc) is 2.94. The summed E-state index contributed by atoms with van der Waals surface area (Å²) < 4.78 is 8.64. The summed E-state index contributed by atoms with van der Waals surface area (Å²) in [6.07, 6.45) is 0.111. The zero-order chi connectivity index (χ0) is 14.4. The molecule has 0 unspecified atom stereocenters. The highest BCUT2D eigenvalue weighted by atomic mass is 32.1. The molecule has 6 nitrogen and oxygen atoms in total. The minimum Gasteiger partial charge on any atom is -0.469 e. The third-order valence-corrected chi connectivity index (χ3v) is 3.12. The van der Waals surface area contributed by atoms with Crippen molar-refractivity contribution in [3.63, 3.8) is 0 Å². The van der Waals surface area contributed by atoms with Gasteiger partial charge in [0.15, 0.2) is 5.82 Å². The molecule has 1 amide bonds. The molecule has 1 heterocycles. The number of nitrogens with one attached hydrogen (secondary N) is 1. The van der Waals surface area contributed by atoms with Crippen LogP contribution in [0.15, 0.2) is 30.3 Å². The molecular weight excluding hydrogens is 278 g/mol. The summed E-state index contributed by atoms with van der Waals surface area (Å²) in [5.74, 6) is -0.132. The van der Waals surface area contributed by atoms with Gasteiger partial charge in [-0.25, -0.2) is 0 Å². The van der Waals surface area contributed by atoms with Gasteiger partial charge in [-0.2, -0.15) is 9.36 Å². The number of carbonyl (C=O) groups is 2. The Morgan fingerprint density at radius 2 is 2.00 bits per heavy atom. The van der Waals surface area contributed by atoms with Crippen LogP contribution in [0.3, 0.4) is 0 Å². The molecule has 0 bridgehead atoms. The lowest BCUT2D eigenvalue weighted by atomic mass is 10.2. The van der Waals surface area contributed by atoms with Crippen LogP contribution in [0.4, 0.5) is 5.13 Å². The molecule has 0 aliphatic rings. The van der Waals surface area contributed by atoms with E-state index in [1.165, 1.54) is 7.11 Å². The molecule has 0 aliphatic carbocycles. The predicted octanol–water partition coefficient (Wildman–Crippen LogP) is 2.10. The van der Waals surface area contributed by atoms with Crippen LogP contribution < -0.4 is 5.32 Å². The number of amides is 1. The summed E-state index contributed by atoms with van der Waals surface area (Å²) in [6.45, 7) is 0. The highest BCUT2D eigenvalue weighted by Crippen LogP contribution is 2.20. The first-order chi connectivity index (χ1) is 9.69. The summed E-state index contributed by atoms with van der Waals surface area (Å²) in [5, 5.41) is 3.03. The topological polar surface area (TPSA) is 81.2 Å². The van der Waals surface area contributed by atoms with Crippen molar-refractivity contribution < 1.29 is 14.3 Å². The molecule has 2 rings (SSSR count). The molecule has 0 saturated carbocycles. The van der Waals surface area contributed by atoms with E-state index >= 15 is 0 Å². The van der Waals surface area contributed by atoms with Crippen LogP contribution >= 0.6 is 11.5 Å². The molecule has 0 radical (unpaired) electrons. The van der Waals surface area contributed by atoms with Gasteiger partial charge in [-0.15, -0.1) is 0 Å². The molecule has 20 heavy (non-hydrogen) atoms. The zero-order valence-corrected chi connectivity index (χ0v) is 11.6. The number of methoxy groups -OCH3 is 1. The van der Waals surface area contributed by atoms with E-state index in [2.05, 4.69) is 19.4 Å². The van der Waals surface area contributed by atoms with Gasteiger partial charge in [0.05, 0.1) is 13.5 Å². The number of rotatable bonds is 5. The number of hydrogen-bond acceptors (Lipinski definition) is 6. The second-order valence-electron chi connectivity index (χ2n) is 3.91. The molecule has 1 N–H and O–H groups in total. The Labute approximate surface area is 120 Å². The Morgan fingerprint density at radius 3 is 2.70 bits per heavy atom. The number of ether oxygens (including phenoxy) is 1. The number of carbonyl (C=O) groups excluding carboxylic acids is 2. The monoisotopic (exact) mass is 291 g/mol. The predicted molar refractivity (Wildman–Crippen MR) is 75.2 cm³/mol. The maximum Gasteiger partial charge on any atom is 0.306 e. The smallest absolute Gasteiger partial charge is 0.306 e. The Balaban J connectivity index is 1.93. The van der Waals surface area contributed by atoms with Crippen molar-refractivity contribution in [2.24, 2.45) is 0 Å². The molecule has 2 aromatic rings. The van der Waals surface area contributed by atoms with Crippen molar-refractivity contribution in [2.45, 2.75) is 12.8 Å². The summed E-state index contributed by atoms with van der Waals surface area (Å²) in [4.78, 5) is 26.8. The first-order valence-electron chi connectivity index (χ1n) is 5.95. The summed E-state index contributed by atoms with van der Waals surface area (Å²) in [7, 11) is 1.29. The van der Waals surface area contributed by atoms with Gasteiger partial charge in [0.2, 0.25) is 11.0 Å². The number of anilines is 1. The van der Waals surface area contributed by atoms with E-state index in [0.717, 1.165) is 17.1 Å². The fraction of sp³-hybridized carbons (Fsp3) is 0.231. The molecule has 7 heteroatoms. The van der Waals surface area contributed by atoms with Crippen molar-refractivity contribution in [3.8, 4) is 11.4 Å². The minimum absolute atomic E-state index is 0.0483. The van der Waals surface area contributed by atoms with Crippen LogP contribution in [-0.4, -0.2) is 28.3 Å². The van der Waals surface area contributed by atoms with E-state index < -0.39 is 5.97 Å². The lowest BCUT2D eigenvalue weighted by Crippen LogP contribution is -2.13. The van der Waals surface area contributed by atoms with Gasteiger partial charge in [-0.3, -0.25) is 9.59 Å². The molecule has 1 aromatic carbocycles. The van der Waals surface area contributed by atoms with Gasteiger partial charge in [0.25, 0.3) is 0 Å². The van der Waals surface area contributed by atoms with E-state index in [1.54, 1.807) is 0 Å². The third kappa shape index (κ3) is 3.86. The lowest BCUT2D eigenvalue weighted by molar-refractivity contribution is -0.141. The average molecular weight is 291 g/mol. The standard InChI is InChI=1S/C13H13N3O3S/c1-19-11(18)8-7-10(17)14-13-15-12(16-20-13)9-5-3-2-4-6-9/h2-6H,7-8H2,1H3,(H,14,15,16,17). The number of hydrogen-bond donors (Lipinski definition) is 1. The normalized spacial score (nSPS) is 10.1. The van der Waals surface area contributed by atoms with E-state index in [4.69, 9.17) is 0 Å². The van der Waals surface area contributed by atoms with Gasteiger partial charge < -0.3 is 10.1 Å². The van der Waals surface area contributed by atoms with Gasteiger partial charge >= 0.3 is 5.97 Å². The first-order valence-corrected chi connectivity index (χ1v) is 6.72. The van der Waals surface area contributed by atoms with Crippen molar-refractivity contribution in [1.29, 1.82) is 0 Å². The van der Waals surface area contributed by atoms with Crippen LogP contribution in [0.2, 0.25) is 0 Å². The van der Waals surface area contributed by atoms with Crippen LogP contribution in [-0.2, 0) is 14.3 Å². The largest absolute Gasteiger partial charge is 0.469 e. The van der Waals surface area contributed by atoms with E-state index in [9.17, 15) is 9.59 Å². The van der Waals surface area contributed by atoms with Gasteiger partial charge in [0.1, 0.15) is 0 Å². The van der Waals surface area contributed by atoms with E-state index in [0.29, 0.717) is 11.0 Å². The Kier molecular flexibility index (Phi) is 4.78. The van der Waals surface area contributed by atoms with Gasteiger partial charge in [0, 0.05) is 23.5 Å². The summed E-state index contributed by atoms with van der Waals surface area (Å²) in [6, 6.07) is 9.48. The van der Waals surface area contributed by atoms with Crippen molar-refractivity contribution in [1.82, 2.24) is 9.36 Å². The zero-order valence-electron chi connectivity index (χ0n) is 10.8. The molecule has 0 aliphatic heterocycles. The molecule has 0 saturated heterocycles. The fourth-order valence-electron chi connectivity index (χ4n) is 1.48. The van der Waals surface area contributed by atoms with Crippen LogP contribution in [0.5, 0.6) is 0 Å². The second kappa shape index (κ2) is 6.76. The highest BCUT2D eigenvalue weighted by molar-refractivity contribution is 7.10. The van der Waals surface area contributed by atoms with E-state index in [1.807, 2.05) is 30.3 Å². The van der Waals surface area contributed by atoms with Crippen molar-refractivity contribution in [3.05, 3.63) is 30.3 Å². The fourth-order valence-corrected chi connectivity index (χ4v) is 2.08. The Morgan fingerprint density at radius 1 is 1.25 bits per heavy atom. The first kappa shape index (κ1) is 14.1. The van der Waals surface area contributed by atoms with Gasteiger partial charge in [-0.05, 0) is 0 Å². The Hall–Kier alpha value is -2.28. The van der Waals surface area contributed by atoms with E-state index in [-0.39, 0.29) is 18.7 Å². The molecule has 0 fully saturated rings. The molecule has 0 atom stereocenters. The number of benzene rings is 1. The van der Waals surface area contributed by atoms with Crippen LogP contribution in [0.1, 0.15) is 12.8 Å². The van der Waals surface area contributed by atoms with Gasteiger partial charge in [-0.1, -0.05) is 30.3 Å². The molecule has 104 valence electrons. The quantitative estimate of drug-likeness (QED) is 0.853. The second-order valence-corrected chi connectivity index (χ2v) is 4.67. The highest BCUT2D eigenvalue weighted by Gasteiger charge is 2.11. The third-order valence-electron chi connectivity index (χ3n) is 2.49.